The van der Waals surface area contributed by atoms with E-state index in [2.05, 4.69) is 0 Å². The molecule has 0 radical (unpaired) electrons. The number of phenols is 1. The van der Waals surface area contributed by atoms with Crippen molar-refractivity contribution in [2.75, 3.05) is 18.6 Å². The monoisotopic (exact) mass is 371 g/mol. The molecule has 0 bridgehead atoms. The molecule has 26 heavy (non-hydrogen) atoms. The first-order chi connectivity index (χ1) is 12.5. The Kier molecular flexibility index (Phi) is 5.18. The molecule has 0 spiro atoms. The molecular formula is C19H17NO5S. The van der Waals surface area contributed by atoms with Crippen molar-refractivity contribution in [1.29, 1.82) is 0 Å². The van der Waals surface area contributed by atoms with Crippen LogP contribution in [0, 0.1) is 0 Å². The van der Waals surface area contributed by atoms with Gasteiger partial charge in [0.1, 0.15) is 5.75 Å². The summed E-state index contributed by atoms with van der Waals surface area (Å²) in [7, 11) is 1.49. The van der Waals surface area contributed by atoms with E-state index < -0.39 is 11.1 Å². The second-order valence-corrected chi connectivity index (χ2v) is 6.34. The number of para-hydroxylation sites is 2. The molecule has 1 N–H and O–H groups in total. The third-order valence-electron chi connectivity index (χ3n) is 3.70. The highest BCUT2D eigenvalue weighted by Crippen LogP contribution is 2.40. The van der Waals surface area contributed by atoms with E-state index in [9.17, 15) is 14.7 Å². The summed E-state index contributed by atoms with van der Waals surface area (Å²) in [6, 6.07) is 11.6. The second-order valence-electron chi connectivity index (χ2n) is 5.35. The molecule has 0 unspecified atom stereocenters. The summed E-state index contributed by atoms with van der Waals surface area (Å²) in [6.07, 6.45) is 1.60. The van der Waals surface area contributed by atoms with Gasteiger partial charge < -0.3 is 14.6 Å². The van der Waals surface area contributed by atoms with Crippen LogP contribution in [0.25, 0.3) is 6.08 Å². The highest BCUT2D eigenvalue weighted by Gasteiger charge is 2.37. The van der Waals surface area contributed by atoms with E-state index in [-0.39, 0.29) is 10.7 Å². The standard InChI is InChI=1S/C19H17NO5S/c1-3-25-16-10-12(8-9-14(16)21)11-17-18(22)20(19(23)26-17)13-6-4-5-7-15(13)24-2/h4-11,21H,3H2,1-2H3/b17-11-. The van der Waals surface area contributed by atoms with E-state index in [0.29, 0.717) is 29.4 Å². The molecule has 2 amide bonds. The molecule has 1 aliphatic heterocycles. The van der Waals surface area contributed by atoms with Crippen molar-refractivity contribution in [3.8, 4) is 17.2 Å². The van der Waals surface area contributed by atoms with Gasteiger partial charge in [-0.15, -0.1) is 0 Å². The quantitative estimate of drug-likeness (QED) is 0.800. The molecule has 6 nitrogen and oxygen atoms in total. The van der Waals surface area contributed by atoms with Crippen LogP contribution in [0.5, 0.6) is 17.2 Å². The predicted molar refractivity (Wildman–Crippen MR) is 101 cm³/mol. The molecule has 0 atom stereocenters. The highest BCUT2D eigenvalue weighted by molar-refractivity contribution is 8.19. The zero-order valence-corrected chi connectivity index (χ0v) is 15.1. The van der Waals surface area contributed by atoms with Gasteiger partial charge in [-0.2, -0.15) is 0 Å². The fourth-order valence-electron chi connectivity index (χ4n) is 2.53. The van der Waals surface area contributed by atoms with Crippen molar-refractivity contribution >= 4 is 34.7 Å². The van der Waals surface area contributed by atoms with Crippen molar-refractivity contribution in [3.63, 3.8) is 0 Å². The predicted octanol–water partition coefficient (Wildman–Crippen LogP) is 4.04. The molecule has 2 aromatic rings. The van der Waals surface area contributed by atoms with Gasteiger partial charge >= 0.3 is 0 Å². The van der Waals surface area contributed by atoms with Crippen LogP contribution in [0.15, 0.2) is 47.4 Å². The summed E-state index contributed by atoms with van der Waals surface area (Å²) >= 11 is 0.854. The minimum absolute atomic E-state index is 0.0196. The van der Waals surface area contributed by atoms with E-state index in [1.165, 1.54) is 13.2 Å². The van der Waals surface area contributed by atoms with Crippen molar-refractivity contribution in [2.45, 2.75) is 6.92 Å². The molecular weight excluding hydrogens is 354 g/mol. The molecule has 2 aromatic carbocycles. The topological polar surface area (TPSA) is 76.1 Å². The van der Waals surface area contributed by atoms with Crippen molar-refractivity contribution in [3.05, 3.63) is 52.9 Å². The number of hydrogen-bond donors (Lipinski definition) is 1. The number of carbonyl (C=O) groups is 2. The number of thioether (sulfide) groups is 1. The SMILES string of the molecule is CCOc1cc(/C=C2\SC(=O)N(c3ccccc3OC)C2=O)ccc1O. The zero-order valence-electron chi connectivity index (χ0n) is 14.3. The molecule has 1 heterocycles. The van der Waals surface area contributed by atoms with Crippen LogP contribution in [0.3, 0.4) is 0 Å². The zero-order chi connectivity index (χ0) is 18.7. The Balaban J connectivity index is 1.94. The number of hydrogen-bond acceptors (Lipinski definition) is 6. The number of ether oxygens (including phenoxy) is 2. The number of benzene rings is 2. The molecule has 134 valence electrons. The van der Waals surface area contributed by atoms with E-state index >= 15 is 0 Å². The lowest BCUT2D eigenvalue weighted by Gasteiger charge is -2.15. The number of rotatable bonds is 5. The lowest BCUT2D eigenvalue weighted by atomic mass is 10.2. The Morgan fingerprint density at radius 2 is 1.92 bits per heavy atom. The minimum atomic E-state index is -0.421. The Morgan fingerprint density at radius 1 is 1.15 bits per heavy atom. The third-order valence-corrected chi connectivity index (χ3v) is 4.57. The van der Waals surface area contributed by atoms with Crippen LogP contribution in [0.1, 0.15) is 12.5 Å². The van der Waals surface area contributed by atoms with Crippen LogP contribution < -0.4 is 14.4 Å². The van der Waals surface area contributed by atoms with Gasteiger partial charge in [0.05, 0.1) is 24.3 Å². The van der Waals surface area contributed by atoms with Crippen LogP contribution in [-0.4, -0.2) is 30.0 Å². The molecule has 7 heteroatoms. The normalized spacial score (nSPS) is 15.6. The smallest absolute Gasteiger partial charge is 0.298 e. The van der Waals surface area contributed by atoms with Crippen LogP contribution in [-0.2, 0) is 4.79 Å². The highest BCUT2D eigenvalue weighted by atomic mass is 32.2. The largest absolute Gasteiger partial charge is 0.504 e. The Morgan fingerprint density at radius 3 is 2.65 bits per heavy atom. The maximum Gasteiger partial charge on any atom is 0.298 e. The van der Waals surface area contributed by atoms with Crippen LogP contribution >= 0.6 is 11.8 Å². The van der Waals surface area contributed by atoms with E-state index in [1.54, 1.807) is 42.5 Å². The number of amides is 2. The maximum atomic E-state index is 12.7. The number of anilines is 1. The Labute approximate surface area is 155 Å². The van der Waals surface area contributed by atoms with Gasteiger partial charge in [-0.05, 0) is 54.6 Å². The van der Waals surface area contributed by atoms with Gasteiger partial charge in [-0.25, -0.2) is 4.90 Å². The molecule has 0 saturated carbocycles. The molecule has 1 aliphatic rings. The summed E-state index contributed by atoms with van der Waals surface area (Å²) in [4.78, 5) is 26.5. The Hall–Kier alpha value is -2.93. The average Bonchev–Trinajstić information content (AvgIpc) is 2.91. The number of nitrogens with zero attached hydrogens (tertiary/aromatic N) is 1. The molecule has 1 fully saturated rings. The summed E-state index contributed by atoms with van der Waals surface area (Å²) in [5.74, 6) is 0.367. The first-order valence-corrected chi connectivity index (χ1v) is 8.73. The van der Waals surface area contributed by atoms with Crippen molar-refractivity contribution < 1.29 is 24.2 Å². The maximum absolute atomic E-state index is 12.7. The van der Waals surface area contributed by atoms with E-state index in [1.807, 2.05) is 6.92 Å². The minimum Gasteiger partial charge on any atom is -0.504 e. The van der Waals surface area contributed by atoms with Crippen LogP contribution in [0.4, 0.5) is 10.5 Å². The van der Waals surface area contributed by atoms with Crippen molar-refractivity contribution in [1.82, 2.24) is 0 Å². The number of imide groups is 1. The molecule has 1 saturated heterocycles. The number of aromatic hydroxyl groups is 1. The molecule has 3 rings (SSSR count). The van der Waals surface area contributed by atoms with Gasteiger partial charge in [0, 0.05) is 0 Å². The lowest BCUT2D eigenvalue weighted by molar-refractivity contribution is -0.113. The summed E-state index contributed by atoms with van der Waals surface area (Å²) < 4.78 is 10.6. The molecule has 0 aliphatic carbocycles. The average molecular weight is 371 g/mol. The lowest BCUT2D eigenvalue weighted by Crippen LogP contribution is -2.28. The first-order valence-electron chi connectivity index (χ1n) is 7.92. The van der Waals surface area contributed by atoms with Gasteiger partial charge in [-0.1, -0.05) is 18.2 Å². The summed E-state index contributed by atoms with van der Waals surface area (Å²) in [6.45, 7) is 2.21. The molecule has 0 aromatic heterocycles. The second kappa shape index (κ2) is 7.53. The number of methoxy groups -OCH3 is 1. The van der Waals surface area contributed by atoms with Crippen molar-refractivity contribution in [2.24, 2.45) is 0 Å². The van der Waals surface area contributed by atoms with Gasteiger partial charge in [-0.3, -0.25) is 9.59 Å². The van der Waals surface area contributed by atoms with Gasteiger partial charge in [0.2, 0.25) is 0 Å². The summed E-state index contributed by atoms with van der Waals surface area (Å²) in [5.41, 5.74) is 1.05. The van der Waals surface area contributed by atoms with Crippen LogP contribution in [0.2, 0.25) is 0 Å². The number of carbonyl (C=O) groups excluding carboxylic acids is 2. The van der Waals surface area contributed by atoms with Gasteiger partial charge in [0.25, 0.3) is 11.1 Å². The number of phenolic OH excluding ortho intramolecular Hbond substituents is 1. The van der Waals surface area contributed by atoms with E-state index in [4.69, 9.17) is 9.47 Å². The summed E-state index contributed by atoms with van der Waals surface area (Å²) in [5, 5.41) is 9.38. The van der Waals surface area contributed by atoms with Gasteiger partial charge in [0.15, 0.2) is 11.5 Å². The first kappa shape index (κ1) is 17.9. The fourth-order valence-corrected chi connectivity index (χ4v) is 3.37. The third kappa shape index (κ3) is 3.39. The fraction of sp³-hybridized carbons (Fsp3) is 0.158. The Bertz CT molecular complexity index is 893. The van der Waals surface area contributed by atoms with E-state index in [0.717, 1.165) is 16.7 Å².